The number of anilines is 1. The molecule has 0 atom stereocenters. The molecule has 1 aromatic heterocycles. The van der Waals surface area contributed by atoms with Crippen LogP contribution in [0.4, 0.5) is 15.1 Å². The summed E-state index contributed by atoms with van der Waals surface area (Å²) in [4.78, 5) is 44.5. The summed E-state index contributed by atoms with van der Waals surface area (Å²) >= 11 is 0. The van der Waals surface area contributed by atoms with Gasteiger partial charge in [-0.15, -0.1) is 0 Å². The fraction of sp³-hybridized carbons (Fsp3) is 0.400. The fourth-order valence-electron chi connectivity index (χ4n) is 2.39. The van der Waals surface area contributed by atoms with Gasteiger partial charge in [0.15, 0.2) is 5.69 Å². The van der Waals surface area contributed by atoms with Crippen LogP contribution in [-0.4, -0.2) is 52.9 Å². The molecule has 1 heterocycles. The second kappa shape index (κ2) is 10.0. The van der Waals surface area contributed by atoms with Crippen molar-refractivity contribution in [3.05, 3.63) is 51.7 Å². The third-order valence-electron chi connectivity index (χ3n) is 3.85. The maximum absolute atomic E-state index is 13.0. The lowest BCUT2D eigenvalue weighted by Gasteiger charge is -2.26. The van der Waals surface area contributed by atoms with Crippen molar-refractivity contribution in [2.24, 2.45) is 0 Å². The Labute approximate surface area is 178 Å². The summed E-state index contributed by atoms with van der Waals surface area (Å²) in [6.45, 7) is 5.07. The number of hydrogen-bond acceptors (Lipinski definition) is 7. The number of benzene rings is 1. The number of methoxy groups -OCH3 is 1. The van der Waals surface area contributed by atoms with E-state index in [-0.39, 0.29) is 25.6 Å². The molecular formula is C20H25FN4O6. The van der Waals surface area contributed by atoms with E-state index in [1.165, 1.54) is 31.4 Å². The number of aromatic nitrogens is 2. The Morgan fingerprint density at radius 2 is 1.90 bits per heavy atom. The number of aromatic hydroxyl groups is 1. The minimum absolute atomic E-state index is 0.00181. The largest absolute Gasteiger partial charge is 0.501 e. The van der Waals surface area contributed by atoms with Crippen LogP contribution in [0.3, 0.4) is 0 Å². The number of halogens is 1. The van der Waals surface area contributed by atoms with Gasteiger partial charge in [0.2, 0.25) is 11.7 Å². The molecule has 0 saturated heterocycles. The summed E-state index contributed by atoms with van der Waals surface area (Å²) in [7, 11) is 1.43. The second-order valence-corrected chi connectivity index (χ2v) is 7.52. The van der Waals surface area contributed by atoms with E-state index in [0.717, 1.165) is 4.90 Å². The first-order valence-corrected chi connectivity index (χ1v) is 9.37. The van der Waals surface area contributed by atoms with Crippen LogP contribution in [0.2, 0.25) is 0 Å². The molecule has 0 saturated carbocycles. The Hall–Kier alpha value is -3.47. The first-order chi connectivity index (χ1) is 14.5. The monoisotopic (exact) mass is 436 g/mol. The Bertz CT molecular complexity index is 985. The molecule has 1 aromatic carbocycles. The number of amides is 2. The lowest BCUT2D eigenvalue weighted by atomic mass is 10.2. The molecule has 10 nitrogen and oxygen atoms in total. The lowest BCUT2D eigenvalue weighted by molar-refractivity contribution is 0.0565. The molecule has 0 aliphatic rings. The number of nitrogens with zero attached hydrogens (tertiary/aromatic N) is 2. The highest BCUT2D eigenvalue weighted by molar-refractivity contribution is 5.95. The van der Waals surface area contributed by atoms with Crippen molar-refractivity contribution < 1.29 is 28.6 Å². The van der Waals surface area contributed by atoms with Crippen molar-refractivity contribution in [2.45, 2.75) is 32.9 Å². The van der Waals surface area contributed by atoms with Crippen LogP contribution in [0.15, 0.2) is 29.1 Å². The number of nitrogens with one attached hydrogen (secondary N) is 2. The Morgan fingerprint density at radius 1 is 1.26 bits per heavy atom. The number of hydrogen-bond donors (Lipinski definition) is 3. The van der Waals surface area contributed by atoms with Crippen molar-refractivity contribution >= 4 is 17.9 Å². The van der Waals surface area contributed by atoms with Crippen LogP contribution in [0.1, 0.15) is 36.8 Å². The highest BCUT2D eigenvalue weighted by Crippen LogP contribution is 2.17. The number of carbonyl (C=O) groups excluding carboxylic acids is 2. The maximum atomic E-state index is 13.0. The molecule has 0 aliphatic heterocycles. The summed E-state index contributed by atoms with van der Waals surface area (Å²) in [6, 6.07) is 5.41. The molecule has 11 heteroatoms. The van der Waals surface area contributed by atoms with Crippen LogP contribution in [0.5, 0.6) is 5.75 Å². The molecule has 0 radical (unpaired) electrons. The molecule has 0 bridgehead atoms. The van der Waals surface area contributed by atoms with E-state index in [1.54, 1.807) is 20.8 Å². The summed E-state index contributed by atoms with van der Waals surface area (Å²) < 4.78 is 23.3. The minimum atomic E-state index is -1.01. The summed E-state index contributed by atoms with van der Waals surface area (Å²) in [5.41, 5.74) is -1.82. The van der Waals surface area contributed by atoms with Gasteiger partial charge in [0, 0.05) is 13.7 Å². The normalized spacial score (nSPS) is 11.1. The third-order valence-corrected chi connectivity index (χ3v) is 3.85. The minimum Gasteiger partial charge on any atom is -0.501 e. The van der Waals surface area contributed by atoms with Crippen molar-refractivity contribution in [3.63, 3.8) is 0 Å². The average molecular weight is 436 g/mol. The smallest absolute Gasteiger partial charge is 0.417 e. The number of carbonyl (C=O) groups is 2. The van der Waals surface area contributed by atoms with E-state index in [9.17, 15) is 23.9 Å². The van der Waals surface area contributed by atoms with E-state index < -0.39 is 40.4 Å². The van der Waals surface area contributed by atoms with E-state index in [4.69, 9.17) is 9.47 Å². The van der Waals surface area contributed by atoms with Gasteiger partial charge >= 0.3 is 6.09 Å². The quantitative estimate of drug-likeness (QED) is 0.604. The van der Waals surface area contributed by atoms with Crippen molar-refractivity contribution in [2.75, 3.05) is 25.2 Å². The van der Waals surface area contributed by atoms with Gasteiger partial charge < -0.3 is 19.9 Å². The Balaban J connectivity index is 2.31. The molecule has 0 unspecified atom stereocenters. The van der Waals surface area contributed by atoms with Gasteiger partial charge in [-0.25, -0.2) is 19.1 Å². The van der Waals surface area contributed by atoms with Crippen LogP contribution in [0, 0.1) is 5.82 Å². The highest BCUT2D eigenvalue weighted by atomic mass is 19.1. The predicted octanol–water partition coefficient (Wildman–Crippen LogP) is 1.93. The molecule has 2 rings (SSSR count). The molecule has 0 aliphatic carbocycles. The van der Waals surface area contributed by atoms with Crippen LogP contribution >= 0.6 is 0 Å². The van der Waals surface area contributed by atoms with E-state index in [1.807, 2.05) is 0 Å². The molecular weight excluding hydrogens is 411 g/mol. The van der Waals surface area contributed by atoms with Crippen molar-refractivity contribution in [3.8, 4) is 5.75 Å². The SMILES string of the molecule is COCCN(C(=O)OC(C)(C)C)c1nc(C(=O)NCc2ccc(F)cc2)c(O)c(=O)[nH]1. The molecule has 0 fully saturated rings. The van der Waals surface area contributed by atoms with E-state index in [0.29, 0.717) is 5.56 Å². The zero-order valence-corrected chi connectivity index (χ0v) is 17.7. The van der Waals surface area contributed by atoms with Gasteiger partial charge in [-0.2, -0.15) is 0 Å². The van der Waals surface area contributed by atoms with E-state index >= 15 is 0 Å². The predicted molar refractivity (Wildman–Crippen MR) is 110 cm³/mol. The van der Waals surface area contributed by atoms with Gasteiger partial charge in [-0.1, -0.05) is 12.1 Å². The van der Waals surface area contributed by atoms with Crippen LogP contribution in [-0.2, 0) is 16.0 Å². The van der Waals surface area contributed by atoms with Crippen LogP contribution in [0.25, 0.3) is 0 Å². The molecule has 2 amide bonds. The second-order valence-electron chi connectivity index (χ2n) is 7.52. The maximum Gasteiger partial charge on any atom is 0.417 e. The lowest BCUT2D eigenvalue weighted by Crippen LogP contribution is -2.41. The van der Waals surface area contributed by atoms with Gasteiger partial charge in [-0.3, -0.25) is 14.6 Å². The van der Waals surface area contributed by atoms with Gasteiger partial charge in [0.25, 0.3) is 11.5 Å². The third kappa shape index (κ3) is 6.78. The molecule has 3 N–H and O–H groups in total. The molecule has 2 aromatic rings. The van der Waals surface area contributed by atoms with Gasteiger partial charge in [0.05, 0.1) is 13.2 Å². The van der Waals surface area contributed by atoms with Gasteiger partial charge in [0.1, 0.15) is 11.4 Å². The Kier molecular flexibility index (Phi) is 7.70. The van der Waals surface area contributed by atoms with Crippen LogP contribution < -0.4 is 15.8 Å². The number of ether oxygens (including phenoxy) is 2. The highest BCUT2D eigenvalue weighted by Gasteiger charge is 2.27. The average Bonchev–Trinajstić information content (AvgIpc) is 2.68. The standard InChI is InChI=1S/C20H25FN4O6/c1-20(2,3)31-19(29)25(9-10-30-4)18-23-14(15(26)17(28)24-18)16(27)22-11-12-5-7-13(21)8-6-12/h5-8,26H,9-11H2,1-4H3,(H,22,27)(H,23,24,28). The molecule has 0 spiro atoms. The molecule has 31 heavy (non-hydrogen) atoms. The molecule has 168 valence electrons. The number of aromatic amines is 1. The summed E-state index contributed by atoms with van der Waals surface area (Å²) in [5, 5.41) is 12.5. The fourth-order valence-corrected chi connectivity index (χ4v) is 2.39. The number of H-pyrrole nitrogens is 1. The van der Waals surface area contributed by atoms with E-state index in [2.05, 4.69) is 15.3 Å². The zero-order valence-electron chi connectivity index (χ0n) is 17.7. The first-order valence-electron chi connectivity index (χ1n) is 9.37. The Morgan fingerprint density at radius 3 is 2.48 bits per heavy atom. The van der Waals surface area contributed by atoms with Crippen molar-refractivity contribution in [1.82, 2.24) is 15.3 Å². The summed E-state index contributed by atoms with van der Waals surface area (Å²) in [6.07, 6.45) is -0.823. The zero-order chi connectivity index (χ0) is 23.2. The van der Waals surface area contributed by atoms with Crippen molar-refractivity contribution in [1.29, 1.82) is 0 Å². The topological polar surface area (TPSA) is 134 Å². The van der Waals surface area contributed by atoms with Gasteiger partial charge in [-0.05, 0) is 38.5 Å². The first kappa shape index (κ1) is 23.8. The number of rotatable bonds is 7. The summed E-state index contributed by atoms with van der Waals surface area (Å²) in [5.74, 6) is -2.48.